The third-order valence-electron chi connectivity index (χ3n) is 3.81. The summed E-state index contributed by atoms with van der Waals surface area (Å²) in [5.74, 6) is 0.445. The number of hydrogen-bond donors (Lipinski definition) is 1. The zero-order chi connectivity index (χ0) is 13.9. The highest BCUT2D eigenvalue weighted by Gasteiger charge is 2.26. The quantitative estimate of drug-likeness (QED) is 0.935. The molecule has 2 N–H and O–H groups in total. The first-order valence-electron chi connectivity index (χ1n) is 7.04. The highest BCUT2D eigenvalue weighted by atomic mass is 32.2. The maximum Gasteiger partial charge on any atom is 0.0239 e. The van der Waals surface area contributed by atoms with Crippen LogP contribution < -0.4 is 5.73 Å². The molecule has 1 heterocycles. The number of nitrogens with two attached hydrogens (primary N) is 1. The van der Waals surface area contributed by atoms with E-state index in [1.807, 2.05) is 11.8 Å². The second-order valence-electron chi connectivity index (χ2n) is 5.28. The normalized spacial score (nSPS) is 14.2. The SMILES string of the molecule is CN(CCN)CC1c2ccccc2Sc2ccccc21. The molecule has 2 aromatic rings. The summed E-state index contributed by atoms with van der Waals surface area (Å²) in [5, 5.41) is 0. The van der Waals surface area contributed by atoms with Gasteiger partial charge in [-0.3, -0.25) is 0 Å². The smallest absolute Gasteiger partial charge is 0.0239 e. The summed E-state index contributed by atoms with van der Waals surface area (Å²) in [4.78, 5) is 5.10. The molecule has 0 atom stereocenters. The molecule has 104 valence electrons. The van der Waals surface area contributed by atoms with Gasteiger partial charge in [-0.15, -0.1) is 0 Å². The standard InChI is InChI=1S/C17H20N2S/c1-19(11-10-18)12-15-13-6-2-4-8-16(13)20-17-9-5-3-7-14(15)17/h2-9,15H,10-12,18H2,1H3. The van der Waals surface area contributed by atoms with Crippen LogP contribution in [0.1, 0.15) is 17.0 Å². The number of likely N-dealkylation sites (N-methyl/N-ethyl adjacent to an activating group) is 1. The lowest BCUT2D eigenvalue weighted by atomic mass is 9.90. The Morgan fingerprint density at radius 3 is 2.10 bits per heavy atom. The zero-order valence-corrected chi connectivity index (χ0v) is 12.6. The summed E-state index contributed by atoms with van der Waals surface area (Å²) < 4.78 is 0. The van der Waals surface area contributed by atoms with Gasteiger partial charge in [0.2, 0.25) is 0 Å². The number of nitrogens with zero attached hydrogens (tertiary/aromatic N) is 1. The van der Waals surface area contributed by atoms with Gasteiger partial charge < -0.3 is 10.6 Å². The van der Waals surface area contributed by atoms with Crippen molar-refractivity contribution in [1.82, 2.24) is 4.90 Å². The van der Waals surface area contributed by atoms with Gasteiger partial charge in [-0.2, -0.15) is 0 Å². The van der Waals surface area contributed by atoms with E-state index in [2.05, 4.69) is 60.5 Å². The minimum Gasteiger partial charge on any atom is -0.329 e. The third kappa shape index (κ3) is 2.62. The van der Waals surface area contributed by atoms with Gasteiger partial charge in [0.1, 0.15) is 0 Å². The summed E-state index contributed by atoms with van der Waals surface area (Å²) in [5.41, 5.74) is 8.57. The van der Waals surface area contributed by atoms with E-state index in [-0.39, 0.29) is 0 Å². The van der Waals surface area contributed by atoms with Crippen molar-refractivity contribution in [3.8, 4) is 0 Å². The Kier molecular flexibility index (Phi) is 4.10. The molecule has 3 rings (SSSR count). The summed E-state index contributed by atoms with van der Waals surface area (Å²) in [6.45, 7) is 2.67. The molecule has 1 aliphatic heterocycles. The molecule has 2 nitrogen and oxygen atoms in total. The Hall–Kier alpha value is -1.29. The molecule has 2 aromatic carbocycles. The van der Waals surface area contributed by atoms with Crippen molar-refractivity contribution in [2.75, 3.05) is 26.7 Å². The highest BCUT2D eigenvalue weighted by Crippen LogP contribution is 2.45. The summed E-state index contributed by atoms with van der Waals surface area (Å²) in [6, 6.07) is 17.5. The van der Waals surface area contributed by atoms with Crippen LogP contribution in [0.15, 0.2) is 58.3 Å². The van der Waals surface area contributed by atoms with Crippen LogP contribution in [0, 0.1) is 0 Å². The van der Waals surface area contributed by atoms with Crippen molar-refractivity contribution >= 4 is 11.8 Å². The first-order valence-corrected chi connectivity index (χ1v) is 7.85. The number of hydrogen-bond acceptors (Lipinski definition) is 3. The Balaban J connectivity index is 1.99. The van der Waals surface area contributed by atoms with E-state index < -0.39 is 0 Å². The maximum absolute atomic E-state index is 5.68. The Morgan fingerprint density at radius 2 is 1.55 bits per heavy atom. The molecule has 0 saturated heterocycles. The molecule has 0 bridgehead atoms. The molecule has 0 aromatic heterocycles. The molecule has 0 fully saturated rings. The lowest BCUT2D eigenvalue weighted by Gasteiger charge is -2.31. The van der Waals surface area contributed by atoms with Crippen LogP contribution in [0.3, 0.4) is 0 Å². The predicted molar refractivity (Wildman–Crippen MR) is 85.4 cm³/mol. The van der Waals surface area contributed by atoms with Crippen molar-refractivity contribution in [3.63, 3.8) is 0 Å². The molecular weight excluding hydrogens is 264 g/mol. The van der Waals surface area contributed by atoms with Crippen LogP contribution in [-0.4, -0.2) is 31.6 Å². The lowest BCUT2D eigenvalue weighted by Crippen LogP contribution is -2.31. The largest absolute Gasteiger partial charge is 0.329 e. The van der Waals surface area contributed by atoms with E-state index >= 15 is 0 Å². The van der Waals surface area contributed by atoms with Gasteiger partial charge in [0.25, 0.3) is 0 Å². The van der Waals surface area contributed by atoms with Crippen LogP contribution in [0.4, 0.5) is 0 Å². The minimum atomic E-state index is 0.445. The van der Waals surface area contributed by atoms with Crippen LogP contribution in [0.2, 0.25) is 0 Å². The predicted octanol–water partition coefficient (Wildman–Crippen LogP) is 3.17. The van der Waals surface area contributed by atoms with Gasteiger partial charge in [-0.1, -0.05) is 48.2 Å². The van der Waals surface area contributed by atoms with E-state index in [0.717, 1.165) is 13.1 Å². The van der Waals surface area contributed by atoms with E-state index in [0.29, 0.717) is 12.5 Å². The summed E-state index contributed by atoms with van der Waals surface area (Å²) in [7, 11) is 2.15. The molecular formula is C17H20N2S. The van der Waals surface area contributed by atoms with Crippen LogP contribution >= 0.6 is 11.8 Å². The van der Waals surface area contributed by atoms with Crippen molar-refractivity contribution in [1.29, 1.82) is 0 Å². The fourth-order valence-corrected chi connectivity index (χ4v) is 4.02. The molecule has 0 aliphatic carbocycles. The van der Waals surface area contributed by atoms with Crippen LogP contribution in [0.5, 0.6) is 0 Å². The molecule has 0 spiro atoms. The Bertz CT molecular complexity index is 552. The Labute approximate surface area is 125 Å². The average Bonchev–Trinajstić information content (AvgIpc) is 2.47. The third-order valence-corrected chi connectivity index (χ3v) is 5.00. The van der Waals surface area contributed by atoms with E-state index in [4.69, 9.17) is 5.73 Å². The van der Waals surface area contributed by atoms with Gasteiger partial charge in [0.05, 0.1) is 0 Å². The monoisotopic (exact) mass is 284 g/mol. The topological polar surface area (TPSA) is 29.3 Å². The van der Waals surface area contributed by atoms with Crippen molar-refractivity contribution in [2.45, 2.75) is 15.7 Å². The number of rotatable bonds is 4. The minimum absolute atomic E-state index is 0.445. The molecule has 0 saturated carbocycles. The van der Waals surface area contributed by atoms with Gasteiger partial charge >= 0.3 is 0 Å². The number of benzene rings is 2. The fourth-order valence-electron chi connectivity index (χ4n) is 2.83. The summed E-state index contributed by atoms with van der Waals surface area (Å²) >= 11 is 1.88. The second kappa shape index (κ2) is 6.00. The average molecular weight is 284 g/mol. The first kappa shape index (κ1) is 13.7. The highest BCUT2D eigenvalue weighted by molar-refractivity contribution is 7.99. The zero-order valence-electron chi connectivity index (χ0n) is 11.8. The van der Waals surface area contributed by atoms with Crippen molar-refractivity contribution < 1.29 is 0 Å². The molecule has 0 radical (unpaired) electrons. The van der Waals surface area contributed by atoms with E-state index in [9.17, 15) is 0 Å². The van der Waals surface area contributed by atoms with Gasteiger partial charge in [0, 0.05) is 35.3 Å². The first-order chi connectivity index (χ1) is 9.79. The van der Waals surface area contributed by atoms with E-state index in [1.54, 1.807) is 0 Å². The Morgan fingerprint density at radius 1 is 1.00 bits per heavy atom. The van der Waals surface area contributed by atoms with Gasteiger partial charge in [-0.25, -0.2) is 0 Å². The van der Waals surface area contributed by atoms with E-state index in [1.165, 1.54) is 20.9 Å². The van der Waals surface area contributed by atoms with Crippen molar-refractivity contribution in [2.24, 2.45) is 5.73 Å². The van der Waals surface area contributed by atoms with Crippen LogP contribution in [0.25, 0.3) is 0 Å². The van der Waals surface area contributed by atoms with Crippen LogP contribution in [-0.2, 0) is 0 Å². The maximum atomic E-state index is 5.68. The molecule has 1 aliphatic rings. The van der Waals surface area contributed by atoms with Crippen molar-refractivity contribution in [3.05, 3.63) is 59.7 Å². The van der Waals surface area contributed by atoms with Gasteiger partial charge in [-0.05, 0) is 30.3 Å². The molecule has 0 unspecified atom stereocenters. The second-order valence-corrected chi connectivity index (χ2v) is 6.36. The molecule has 20 heavy (non-hydrogen) atoms. The summed E-state index contributed by atoms with van der Waals surface area (Å²) in [6.07, 6.45) is 0. The lowest BCUT2D eigenvalue weighted by molar-refractivity contribution is 0.329. The number of fused-ring (bicyclic) bond motifs is 2. The van der Waals surface area contributed by atoms with Gasteiger partial charge in [0.15, 0.2) is 0 Å². The molecule has 0 amide bonds. The fraction of sp³-hybridized carbons (Fsp3) is 0.294. The molecule has 3 heteroatoms.